The van der Waals surface area contributed by atoms with Gasteiger partial charge in [-0.2, -0.15) is 0 Å². The summed E-state index contributed by atoms with van der Waals surface area (Å²) in [6, 6.07) is 11.6. The topological polar surface area (TPSA) is 37.3 Å². The number of carboxylic acids is 1. The van der Waals surface area contributed by atoms with Crippen molar-refractivity contribution in [3.05, 3.63) is 82.4 Å². The van der Waals surface area contributed by atoms with Crippen molar-refractivity contribution < 1.29 is 9.90 Å². The number of hydrogen-bond acceptors (Lipinski definition) is 2. The summed E-state index contributed by atoms with van der Waals surface area (Å²) < 4.78 is 0. The molecule has 28 heavy (non-hydrogen) atoms. The van der Waals surface area contributed by atoms with Crippen LogP contribution in [0.25, 0.3) is 10.5 Å². The Kier molecular flexibility index (Phi) is 5.85. The van der Waals surface area contributed by atoms with Gasteiger partial charge in [-0.15, -0.1) is 11.8 Å². The number of rotatable bonds is 6. The molecule has 2 aromatic rings. The van der Waals surface area contributed by atoms with Crippen LogP contribution in [0, 0.1) is 6.92 Å². The molecule has 0 saturated heterocycles. The normalized spacial score (nSPS) is 14.9. The van der Waals surface area contributed by atoms with Crippen molar-refractivity contribution in [1.29, 1.82) is 0 Å². The molecule has 0 aromatic heterocycles. The van der Waals surface area contributed by atoms with Gasteiger partial charge >= 0.3 is 5.97 Å². The van der Waals surface area contributed by atoms with Gasteiger partial charge in [-0.25, -0.2) is 4.79 Å². The van der Waals surface area contributed by atoms with Gasteiger partial charge in [-0.1, -0.05) is 51.6 Å². The third-order valence-electron chi connectivity index (χ3n) is 5.42. The van der Waals surface area contributed by atoms with Crippen LogP contribution in [0.5, 0.6) is 0 Å². The summed E-state index contributed by atoms with van der Waals surface area (Å²) in [6.07, 6.45) is 4.59. The van der Waals surface area contributed by atoms with Crippen molar-refractivity contribution in [2.75, 3.05) is 5.75 Å². The average Bonchev–Trinajstić information content (AvgIpc) is 2.67. The lowest BCUT2D eigenvalue weighted by molar-refractivity contribution is 0.0697. The minimum atomic E-state index is -0.910. The molecule has 0 atom stereocenters. The summed E-state index contributed by atoms with van der Waals surface area (Å²) in [5.74, 6) is 0.207. The van der Waals surface area contributed by atoms with E-state index in [9.17, 15) is 4.79 Å². The number of fused-ring (bicyclic) bond motifs is 1. The Hall–Kier alpha value is -2.26. The molecule has 0 saturated carbocycles. The predicted molar refractivity (Wildman–Crippen MR) is 121 cm³/mol. The summed E-state index contributed by atoms with van der Waals surface area (Å²) in [5, 5.41) is 9.13. The fraction of sp³-hybridized carbons (Fsp3) is 0.320. The van der Waals surface area contributed by atoms with E-state index in [1.165, 1.54) is 21.6 Å². The summed E-state index contributed by atoms with van der Waals surface area (Å²) >= 11 is 1.93. The van der Waals surface area contributed by atoms with Gasteiger partial charge < -0.3 is 5.11 Å². The van der Waals surface area contributed by atoms with Crippen molar-refractivity contribution in [3.63, 3.8) is 0 Å². The number of aryl methyl sites for hydroxylation is 1. The van der Waals surface area contributed by atoms with Gasteiger partial charge in [-0.05, 0) is 82.5 Å². The fourth-order valence-electron chi connectivity index (χ4n) is 3.68. The minimum Gasteiger partial charge on any atom is -0.478 e. The van der Waals surface area contributed by atoms with Gasteiger partial charge in [-0.3, -0.25) is 0 Å². The maximum atomic E-state index is 11.1. The fourth-order valence-corrected chi connectivity index (χ4v) is 4.63. The SMILES string of the molecule is C=C(c1ccc(C(=O)O)cc1)c1cc2c(cc1C)C(C)(C)CC=C2SCCC. The van der Waals surface area contributed by atoms with Crippen LogP contribution in [0.3, 0.4) is 0 Å². The minimum absolute atomic E-state index is 0.124. The Balaban J connectivity index is 2.04. The molecule has 2 aromatic carbocycles. The highest BCUT2D eigenvalue weighted by molar-refractivity contribution is 8.08. The number of hydrogen-bond donors (Lipinski definition) is 1. The highest BCUT2D eigenvalue weighted by Gasteiger charge is 2.29. The smallest absolute Gasteiger partial charge is 0.335 e. The zero-order chi connectivity index (χ0) is 20.5. The molecule has 2 nitrogen and oxygen atoms in total. The zero-order valence-electron chi connectivity index (χ0n) is 17.1. The van der Waals surface area contributed by atoms with Crippen LogP contribution in [-0.4, -0.2) is 16.8 Å². The summed E-state index contributed by atoms with van der Waals surface area (Å²) in [4.78, 5) is 12.5. The van der Waals surface area contributed by atoms with E-state index in [0.717, 1.165) is 35.3 Å². The van der Waals surface area contributed by atoms with E-state index >= 15 is 0 Å². The van der Waals surface area contributed by atoms with Crippen LogP contribution < -0.4 is 0 Å². The molecule has 0 fully saturated rings. The van der Waals surface area contributed by atoms with Crippen molar-refractivity contribution in [3.8, 4) is 0 Å². The highest BCUT2D eigenvalue weighted by atomic mass is 32.2. The van der Waals surface area contributed by atoms with Crippen LogP contribution in [0.1, 0.15) is 71.8 Å². The molecule has 0 bridgehead atoms. The van der Waals surface area contributed by atoms with E-state index in [-0.39, 0.29) is 5.41 Å². The lowest BCUT2D eigenvalue weighted by Gasteiger charge is -2.33. The Morgan fingerprint density at radius 1 is 1.18 bits per heavy atom. The largest absolute Gasteiger partial charge is 0.478 e. The molecule has 1 N–H and O–H groups in total. The maximum absolute atomic E-state index is 11.1. The van der Waals surface area contributed by atoms with E-state index < -0.39 is 5.97 Å². The van der Waals surface area contributed by atoms with Crippen molar-refractivity contribution in [2.24, 2.45) is 0 Å². The number of carbonyl (C=O) groups is 1. The molecule has 1 aliphatic carbocycles. The Morgan fingerprint density at radius 2 is 1.82 bits per heavy atom. The number of aromatic carboxylic acids is 1. The maximum Gasteiger partial charge on any atom is 0.335 e. The molecule has 0 spiro atoms. The van der Waals surface area contributed by atoms with E-state index in [0.29, 0.717) is 5.56 Å². The van der Waals surface area contributed by atoms with Gasteiger partial charge in [0.15, 0.2) is 0 Å². The lowest BCUT2D eigenvalue weighted by atomic mass is 9.74. The van der Waals surface area contributed by atoms with Crippen LogP contribution in [0.15, 0.2) is 49.1 Å². The van der Waals surface area contributed by atoms with Crippen LogP contribution in [0.2, 0.25) is 0 Å². The number of benzene rings is 2. The van der Waals surface area contributed by atoms with Crippen molar-refractivity contribution in [2.45, 2.75) is 46.0 Å². The monoisotopic (exact) mass is 392 g/mol. The molecule has 1 aliphatic rings. The van der Waals surface area contributed by atoms with E-state index in [1.54, 1.807) is 12.1 Å². The second-order valence-electron chi connectivity index (χ2n) is 8.08. The van der Waals surface area contributed by atoms with Gasteiger partial charge in [0.2, 0.25) is 0 Å². The first kappa shape index (κ1) is 20.5. The van der Waals surface area contributed by atoms with Crippen molar-refractivity contribution in [1.82, 2.24) is 0 Å². The quantitative estimate of drug-likeness (QED) is 0.580. The number of thioether (sulfide) groups is 1. The average molecular weight is 393 g/mol. The molecule has 3 heteroatoms. The third kappa shape index (κ3) is 3.95. The Bertz CT molecular complexity index is 949. The van der Waals surface area contributed by atoms with Crippen LogP contribution in [0.4, 0.5) is 0 Å². The Labute approximate surface area is 172 Å². The molecule has 0 radical (unpaired) electrons. The van der Waals surface area contributed by atoms with E-state index in [2.05, 4.69) is 52.5 Å². The molecule has 146 valence electrons. The summed E-state index contributed by atoms with van der Waals surface area (Å²) in [6.45, 7) is 13.3. The zero-order valence-corrected chi connectivity index (χ0v) is 18.0. The molecular weight excluding hydrogens is 364 g/mol. The number of carboxylic acid groups (broad SMARTS) is 1. The van der Waals surface area contributed by atoms with Gasteiger partial charge in [0.1, 0.15) is 0 Å². The van der Waals surface area contributed by atoms with Crippen LogP contribution in [-0.2, 0) is 5.41 Å². The van der Waals surface area contributed by atoms with Crippen molar-refractivity contribution >= 4 is 28.2 Å². The lowest BCUT2D eigenvalue weighted by Crippen LogP contribution is -2.22. The molecular formula is C25H28O2S. The first-order chi connectivity index (χ1) is 13.2. The highest BCUT2D eigenvalue weighted by Crippen LogP contribution is 2.45. The van der Waals surface area contributed by atoms with Gasteiger partial charge in [0.25, 0.3) is 0 Å². The standard InChI is InChI=1S/C25H28O2S/c1-6-13-28-23-11-12-25(4,5)22-14-16(2)20(15-21(22)23)17(3)18-7-9-19(10-8-18)24(26)27/h7-11,14-15H,3,6,12-13H2,1-2,4-5H3,(H,26,27). The first-order valence-corrected chi connectivity index (χ1v) is 10.7. The first-order valence-electron chi connectivity index (χ1n) is 9.76. The summed E-state index contributed by atoms with van der Waals surface area (Å²) in [7, 11) is 0. The molecule has 0 aliphatic heterocycles. The van der Waals surface area contributed by atoms with Gasteiger partial charge in [0.05, 0.1) is 5.56 Å². The Morgan fingerprint density at radius 3 is 2.43 bits per heavy atom. The second-order valence-corrected chi connectivity index (χ2v) is 9.22. The second kappa shape index (κ2) is 8.00. The summed E-state index contributed by atoms with van der Waals surface area (Å²) in [5.41, 5.74) is 7.36. The molecule has 0 unspecified atom stereocenters. The molecule has 0 amide bonds. The van der Waals surface area contributed by atoms with Gasteiger partial charge in [0, 0.05) is 4.91 Å². The van der Waals surface area contributed by atoms with E-state index in [1.807, 2.05) is 23.9 Å². The van der Waals surface area contributed by atoms with E-state index in [4.69, 9.17) is 5.11 Å². The molecule has 0 heterocycles. The number of allylic oxidation sites excluding steroid dienone is 1. The predicted octanol–water partition coefficient (Wildman–Crippen LogP) is 6.92. The molecule has 3 rings (SSSR count). The third-order valence-corrected chi connectivity index (χ3v) is 6.73. The van der Waals surface area contributed by atoms with Crippen LogP contribution >= 0.6 is 11.8 Å².